The molecule has 2 aliphatic rings. The quantitative estimate of drug-likeness (QED) is 0.587. The zero-order chi connectivity index (χ0) is 25.7. The Labute approximate surface area is 217 Å². The Morgan fingerprint density at radius 3 is 2.56 bits per heavy atom. The van der Waals surface area contributed by atoms with Gasteiger partial charge in [0.1, 0.15) is 6.54 Å². The maximum atomic E-state index is 13.7. The van der Waals surface area contributed by atoms with E-state index in [0.29, 0.717) is 37.7 Å². The summed E-state index contributed by atoms with van der Waals surface area (Å²) in [7, 11) is 1.96. The SMILES string of the molecule is CC(C)NC(=O)N(CCN1CCOCC1)CC(=O)N1N=C(c2cccn2C)C[C@H]1c1ccc(Cl)cc1. The first-order valence-electron chi connectivity index (χ1n) is 12.4. The van der Waals surface area contributed by atoms with Crippen LogP contribution >= 0.6 is 11.6 Å². The number of aryl methyl sites for hydroxylation is 1. The van der Waals surface area contributed by atoms with Gasteiger partial charge >= 0.3 is 6.03 Å². The van der Waals surface area contributed by atoms with Crippen molar-refractivity contribution in [2.24, 2.45) is 12.1 Å². The molecule has 0 unspecified atom stereocenters. The van der Waals surface area contributed by atoms with Crippen molar-refractivity contribution in [3.8, 4) is 0 Å². The van der Waals surface area contributed by atoms with Crippen LogP contribution in [0, 0.1) is 0 Å². The zero-order valence-corrected chi connectivity index (χ0v) is 21.9. The standard InChI is InChI=1S/C26H35ClN6O3/c1-19(2)28-26(35)32(12-11-31-13-15-36-16-14-31)18-25(34)33-24(20-6-8-21(27)9-7-20)17-22(29-33)23-5-4-10-30(23)3/h4-10,19,24H,11-18H2,1-3H3,(H,28,35)/t24-/m0/s1. The van der Waals surface area contributed by atoms with Crippen LogP contribution in [0.3, 0.4) is 0 Å². The second-order valence-corrected chi connectivity index (χ2v) is 9.98. The molecule has 36 heavy (non-hydrogen) atoms. The van der Waals surface area contributed by atoms with Gasteiger partial charge in [-0.15, -0.1) is 0 Å². The molecule has 1 aromatic heterocycles. The van der Waals surface area contributed by atoms with Crippen molar-refractivity contribution in [1.82, 2.24) is 24.7 Å². The van der Waals surface area contributed by atoms with Crippen LogP contribution in [0.25, 0.3) is 0 Å². The minimum atomic E-state index is -0.270. The number of urea groups is 1. The summed E-state index contributed by atoms with van der Waals surface area (Å²) >= 11 is 6.12. The van der Waals surface area contributed by atoms with Crippen LogP contribution in [-0.2, 0) is 16.6 Å². The molecule has 194 valence electrons. The maximum Gasteiger partial charge on any atom is 0.318 e. The number of rotatable bonds is 8. The number of nitrogens with one attached hydrogen (secondary N) is 1. The highest BCUT2D eigenvalue weighted by atomic mass is 35.5. The Kier molecular flexibility index (Phi) is 8.66. The first-order chi connectivity index (χ1) is 17.3. The van der Waals surface area contributed by atoms with Gasteiger partial charge < -0.3 is 19.5 Å². The summed E-state index contributed by atoms with van der Waals surface area (Å²) in [5.74, 6) is -0.222. The largest absolute Gasteiger partial charge is 0.379 e. The summed E-state index contributed by atoms with van der Waals surface area (Å²) in [6.07, 6.45) is 2.54. The number of hydrazone groups is 1. The lowest BCUT2D eigenvalue weighted by molar-refractivity contribution is -0.133. The predicted octanol–water partition coefficient (Wildman–Crippen LogP) is 3.11. The highest BCUT2D eigenvalue weighted by Gasteiger charge is 2.35. The number of ether oxygens (including phenoxy) is 1. The van der Waals surface area contributed by atoms with Crippen LogP contribution in [0.15, 0.2) is 47.7 Å². The molecule has 1 saturated heterocycles. The van der Waals surface area contributed by atoms with E-state index < -0.39 is 0 Å². The van der Waals surface area contributed by atoms with Gasteiger partial charge in [0.2, 0.25) is 0 Å². The van der Waals surface area contributed by atoms with Gasteiger partial charge in [-0.1, -0.05) is 23.7 Å². The first kappa shape index (κ1) is 26.2. The number of halogens is 1. The molecule has 1 N–H and O–H groups in total. The van der Waals surface area contributed by atoms with Gasteiger partial charge in [-0.25, -0.2) is 9.80 Å². The Balaban J connectivity index is 1.54. The van der Waals surface area contributed by atoms with Crippen molar-refractivity contribution in [1.29, 1.82) is 0 Å². The fraction of sp³-hybridized carbons (Fsp3) is 0.500. The van der Waals surface area contributed by atoms with Crippen molar-refractivity contribution in [2.75, 3.05) is 45.9 Å². The number of nitrogens with zero attached hydrogens (tertiary/aromatic N) is 5. The average molecular weight is 515 g/mol. The molecule has 0 spiro atoms. The molecule has 0 radical (unpaired) electrons. The molecule has 0 saturated carbocycles. The van der Waals surface area contributed by atoms with E-state index in [2.05, 4.69) is 10.2 Å². The monoisotopic (exact) mass is 514 g/mol. The van der Waals surface area contributed by atoms with Gasteiger partial charge in [-0.05, 0) is 43.7 Å². The van der Waals surface area contributed by atoms with Crippen molar-refractivity contribution >= 4 is 29.3 Å². The van der Waals surface area contributed by atoms with E-state index in [-0.39, 0.29) is 30.6 Å². The topological polar surface area (TPSA) is 82.4 Å². The number of benzene rings is 1. The molecule has 1 atom stereocenters. The minimum Gasteiger partial charge on any atom is -0.379 e. The molecule has 1 fully saturated rings. The van der Waals surface area contributed by atoms with E-state index in [4.69, 9.17) is 21.4 Å². The molecule has 0 aliphatic carbocycles. The fourth-order valence-corrected chi connectivity index (χ4v) is 4.64. The third-order valence-electron chi connectivity index (χ3n) is 6.48. The summed E-state index contributed by atoms with van der Waals surface area (Å²) in [5, 5.41) is 9.86. The van der Waals surface area contributed by atoms with Gasteiger partial charge in [0.15, 0.2) is 0 Å². The van der Waals surface area contributed by atoms with Crippen LogP contribution in [0.4, 0.5) is 4.79 Å². The van der Waals surface area contributed by atoms with Crippen LogP contribution in [0.1, 0.15) is 37.6 Å². The van der Waals surface area contributed by atoms with Gasteiger partial charge in [-0.2, -0.15) is 5.10 Å². The fourth-order valence-electron chi connectivity index (χ4n) is 4.51. The van der Waals surface area contributed by atoms with Crippen molar-refractivity contribution < 1.29 is 14.3 Å². The lowest BCUT2D eigenvalue weighted by Crippen LogP contribution is -2.50. The second-order valence-electron chi connectivity index (χ2n) is 9.54. The summed E-state index contributed by atoms with van der Waals surface area (Å²) in [6, 6.07) is 10.9. The molecule has 3 heterocycles. The van der Waals surface area contributed by atoms with Gasteiger partial charge in [-0.3, -0.25) is 9.69 Å². The van der Waals surface area contributed by atoms with E-state index >= 15 is 0 Å². The number of carbonyl (C=O) groups excluding carboxylic acids is 2. The lowest BCUT2D eigenvalue weighted by atomic mass is 10.0. The van der Waals surface area contributed by atoms with Crippen LogP contribution in [-0.4, -0.2) is 89.0 Å². The van der Waals surface area contributed by atoms with E-state index in [1.807, 2.05) is 68.1 Å². The molecule has 10 heteroatoms. The lowest BCUT2D eigenvalue weighted by Gasteiger charge is -2.31. The number of carbonyl (C=O) groups is 2. The normalized spacial score (nSPS) is 18.4. The smallest absolute Gasteiger partial charge is 0.318 e. The van der Waals surface area contributed by atoms with E-state index in [9.17, 15) is 9.59 Å². The summed E-state index contributed by atoms with van der Waals surface area (Å²) < 4.78 is 7.43. The predicted molar refractivity (Wildman–Crippen MR) is 140 cm³/mol. The van der Waals surface area contributed by atoms with Gasteiger partial charge in [0.25, 0.3) is 5.91 Å². The third kappa shape index (κ3) is 6.46. The number of aromatic nitrogens is 1. The summed E-state index contributed by atoms with van der Waals surface area (Å²) in [6.45, 7) is 7.90. The Hall–Kier alpha value is -2.88. The molecule has 9 nitrogen and oxygen atoms in total. The number of amides is 3. The average Bonchev–Trinajstić information content (AvgIpc) is 3.48. The Bertz CT molecular complexity index is 1080. The van der Waals surface area contributed by atoms with Crippen LogP contribution in [0.5, 0.6) is 0 Å². The number of morpholine rings is 1. The number of hydrogen-bond acceptors (Lipinski definition) is 5. The Morgan fingerprint density at radius 2 is 1.92 bits per heavy atom. The molecule has 2 aliphatic heterocycles. The third-order valence-corrected chi connectivity index (χ3v) is 6.73. The molecule has 4 rings (SSSR count). The highest BCUT2D eigenvalue weighted by molar-refractivity contribution is 6.30. The van der Waals surface area contributed by atoms with Crippen molar-refractivity contribution in [3.05, 3.63) is 58.9 Å². The van der Waals surface area contributed by atoms with Crippen LogP contribution in [0.2, 0.25) is 5.02 Å². The van der Waals surface area contributed by atoms with Gasteiger partial charge in [0.05, 0.1) is 30.7 Å². The summed E-state index contributed by atoms with van der Waals surface area (Å²) in [4.78, 5) is 30.5. The van der Waals surface area contributed by atoms with Crippen LogP contribution < -0.4 is 5.32 Å². The second kappa shape index (κ2) is 11.9. The number of hydrogen-bond donors (Lipinski definition) is 1. The van der Waals surface area contributed by atoms with Crippen molar-refractivity contribution in [2.45, 2.75) is 32.4 Å². The molecule has 0 bridgehead atoms. The van der Waals surface area contributed by atoms with E-state index in [1.54, 1.807) is 4.90 Å². The van der Waals surface area contributed by atoms with E-state index in [1.165, 1.54) is 5.01 Å². The first-order valence-corrected chi connectivity index (χ1v) is 12.8. The Morgan fingerprint density at radius 1 is 1.19 bits per heavy atom. The molecular formula is C26H35ClN6O3. The van der Waals surface area contributed by atoms with E-state index in [0.717, 1.165) is 30.1 Å². The zero-order valence-electron chi connectivity index (χ0n) is 21.2. The minimum absolute atomic E-state index is 0.0333. The molecule has 1 aromatic carbocycles. The highest BCUT2D eigenvalue weighted by Crippen LogP contribution is 2.33. The van der Waals surface area contributed by atoms with Crippen molar-refractivity contribution in [3.63, 3.8) is 0 Å². The molecule has 3 amide bonds. The van der Waals surface area contributed by atoms with Gasteiger partial charge in [0, 0.05) is 56.9 Å². The maximum absolute atomic E-state index is 13.7. The molecule has 2 aromatic rings. The molecular weight excluding hydrogens is 480 g/mol. The summed E-state index contributed by atoms with van der Waals surface area (Å²) in [5.41, 5.74) is 2.75.